The number of ether oxygens (including phenoxy) is 1. The smallest absolute Gasteiger partial charge is 0.251 e. The third-order valence-corrected chi connectivity index (χ3v) is 4.36. The van der Waals surface area contributed by atoms with Gasteiger partial charge in [0.05, 0.1) is 12.6 Å². The normalized spacial score (nSPS) is 10.7. The Morgan fingerprint density at radius 1 is 1.12 bits per heavy atom. The van der Waals surface area contributed by atoms with Crippen LogP contribution in [0.25, 0.3) is 10.9 Å². The molecule has 5 heteroatoms. The highest BCUT2D eigenvalue weighted by Gasteiger charge is 2.07. The van der Waals surface area contributed by atoms with E-state index in [0.29, 0.717) is 24.3 Å². The molecule has 2 aromatic carbocycles. The van der Waals surface area contributed by atoms with Crippen LogP contribution in [0.3, 0.4) is 0 Å². The molecule has 134 valence electrons. The number of nitrogens with one attached hydrogen (secondary N) is 2. The molecule has 0 aliphatic heterocycles. The summed E-state index contributed by atoms with van der Waals surface area (Å²) in [7, 11) is 1.59. The zero-order valence-electron chi connectivity index (χ0n) is 15.0. The molecule has 2 N–H and O–H groups in total. The van der Waals surface area contributed by atoms with Crippen molar-refractivity contribution < 1.29 is 9.53 Å². The number of aromatic nitrogens is 1. The van der Waals surface area contributed by atoms with Crippen molar-refractivity contribution in [3.8, 4) is 5.75 Å². The minimum atomic E-state index is -0.169. The highest BCUT2D eigenvalue weighted by Crippen LogP contribution is 2.18. The quantitative estimate of drug-likeness (QED) is 0.718. The lowest BCUT2D eigenvalue weighted by atomic mass is 10.1. The average Bonchev–Trinajstić information content (AvgIpc) is 2.65. The molecule has 0 unspecified atom stereocenters. The van der Waals surface area contributed by atoms with E-state index in [1.165, 1.54) is 5.56 Å². The van der Waals surface area contributed by atoms with Crippen LogP contribution in [-0.4, -0.2) is 18.0 Å². The Labute approximate surface area is 152 Å². The first-order valence-electron chi connectivity index (χ1n) is 8.57. The van der Waals surface area contributed by atoms with Crippen LogP contribution in [0, 0.1) is 6.92 Å². The van der Waals surface area contributed by atoms with Gasteiger partial charge in [-0.3, -0.25) is 9.59 Å². The number of H-pyrrole nitrogens is 1. The van der Waals surface area contributed by atoms with Crippen molar-refractivity contribution >= 4 is 16.8 Å². The van der Waals surface area contributed by atoms with Gasteiger partial charge in [0, 0.05) is 24.6 Å². The molecular formula is C21H22N2O3. The van der Waals surface area contributed by atoms with Crippen molar-refractivity contribution in [1.82, 2.24) is 10.3 Å². The Hall–Kier alpha value is -3.08. The first kappa shape index (κ1) is 17.7. The molecule has 0 aliphatic carbocycles. The van der Waals surface area contributed by atoms with Gasteiger partial charge in [0.15, 0.2) is 0 Å². The number of hydrogen-bond acceptors (Lipinski definition) is 3. The van der Waals surface area contributed by atoms with E-state index in [4.69, 9.17) is 4.74 Å². The molecule has 0 bridgehead atoms. The predicted molar refractivity (Wildman–Crippen MR) is 102 cm³/mol. The van der Waals surface area contributed by atoms with Gasteiger partial charge in [0.1, 0.15) is 5.75 Å². The van der Waals surface area contributed by atoms with Crippen LogP contribution in [-0.2, 0) is 17.8 Å². The highest BCUT2D eigenvalue weighted by molar-refractivity contribution is 5.81. The predicted octanol–water partition coefficient (Wildman–Crippen LogP) is 3.09. The van der Waals surface area contributed by atoms with Gasteiger partial charge in [-0.1, -0.05) is 29.8 Å². The van der Waals surface area contributed by atoms with Crippen LogP contribution in [0.15, 0.2) is 53.3 Å². The fourth-order valence-electron chi connectivity index (χ4n) is 2.78. The molecular weight excluding hydrogens is 328 g/mol. The second-order valence-electron chi connectivity index (χ2n) is 6.34. The third kappa shape index (κ3) is 4.30. The number of hydrogen-bond donors (Lipinski definition) is 2. The Balaban J connectivity index is 1.61. The fraction of sp³-hybridized carbons (Fsp3) is 0.238. The van der Waals surface area contributed by atoms with Crippen molar-refractivity contribution in [1.29, 1.82) is 0 Å². The first-order valence-corrected chi connectivity index (χ1v) is 8.57. The molecule has 1 heterocycles. The number of pyridine rings is 1. The Kier molecular flexibility index (Phi) is 5.37. The van der Waals surface area contributed by atoms with Crippen LogP contribution < -0.4 is 15.6 Å². The van der Waals surface area contributed by atoms with Crippen LogP contribution in [0.1, 0.15) is 23.1 Å². The number of carbonyl (C=O) groups is 1. The standard InChI is InChI=1S/C21H22N2O3/c1-14-3-5-15(6-4-14)13-22-20(24)10-8-17-11-16-7-9-18(26-2)12-19(16)23-21(17)25/h3-7,9,11-12H,8,10,13H2,1-2H3,(H,22,24)(H,23,25). The minimum absolute atomic E-state index is 0.0696. The van der Waals surface area contributed by atoms with E-state index in [1.807, 2.05) is 49.4 Å². The van der Waals surface area contributed by atoms with Crippen molar-refractivity contribution in [2.75, 3.05) is 7.11 Å². The van der Waals surface area contributed by atoms with E-state index in [2.05, 4.69) is 10.3 Å². The SMILES string of the molecule is COc1ccc2cc(CCC(=O)NCc3ccc(C)cc3)c(=O)[nH]c2c1. The number of aryl methyl sites for hydroxylation is 2. The van der Waals surface area contributed by atoms with Crippen molar-refractivity contribution in [2.24, 2.45) is 0 Å². The van der Waals surface area contributed by atoms with Gasteiger partial charge in [-0.25, -0.2) is 0 Å². The molecule has 0 saturated carbocycles. The number of carbonyl (C=O) groups excluding carboxylic acids is 1. The topological polar surface area (TPSA) is 71.2 Å². The molecule has 0 aliphatic rings. The molecule has 0 spiro atoms. The summed E-state index contributed by atoms with van der Waals surface area (Å²) in [5.41, 5.74) is 3.40. The maximum atomic E-state index is 12.2. The second-order valence-corrected chi connectivity index (χ2v) is 6.34. The van der Waals surface area contributed by atoms with Crippen molar-refractivity contribution in [2.45, 2.75) is 26.3 Å². The first-order chi connectivity index (χ1) is 12.5. The fourth-order valence-corrected chi connectivity index (χ4v) is 2.78. The molecule has 1 aromatic heterocycles. The summed E-state index contributed by atoms with van der Waals surface area (Å²) in [4.78, 5) is 27.2. The molecule has 3 aromatic rings. The highest BCUT2D eigenvalue weighted by atomic mass is 16.5. The summed E-state index contributed by atoms with van der Waals surface area (Å²) in [6, 6.07) is 15.4. The van der Waals surface area contributed by atoms with Gasteiger partial charge >= 0.3 is 0 Å². The van der Waals surface area contributed by atoms with Crippen molar-refractivity contribution in [3.05, 3.63) is 75.6 Å². The number of amides is 1. The lowest BCUT2D eigenvalue weighted by Gasteiger charge is -2.07. The zero-order valence-corrected chi connectivity index (χ0v) is 15.0. The Morgan fingerprint density at radius 3 is 2.62 bits per heavy atom. The molecule has 1 amide bonds. The number of methoxy groups -OCH3 is 1. The zero-order chi connectivity index (χ0) is 18.5. The largest absolute Gasteiger partial charge is 0.497 e. The van der Waals surface area contributed by atoms with E-state index < -0.39 is 0 Å². The van der Waals surface area contributed by atoms with Crippen LogP contribution in [0.2, 0.25) is 0 Å². The van der Waals surface area contributed by atoms with Gasteiger partial charge in [-0.2, -0.15) is 0 Å². The number of rotatable bonds is 6. The number of fused-ring (bicyclic) bond motifs is 1. The summed E-state index contributed by atoms with van der Waals surface area (Å²) in [6.45, 7) is 2.52. The molecule has 26 heavy (non-hydrogen) atoms. The van der Waals surface area contributed by atoms with E-state index >= 15 is 0 Å². The number of benzene rings is 2. The lowest BCUT2D eigenvalue weighted by molar-refractivity contribution is -0.121. The lowest BCUT2D eigenvalue weighted by Crippen LogP contribution is -2.24. The van der Waals surface area contributed by atoms with E-state index in [9.17, 15) is 9.59 Å². The van der Waals surface area contributed by atoms with Gasteiger partial charge in [0.25, 0.3) is 5.56 Å². The summed E-state index contributed by atoms with van der Waals surface area (Å²) in [5.74, 6) is 0.621. The molecule has 0 saturated heterocycles. The number of aromatic amines is 1. The monoisotopic (exact) mass is 350 g/mol. The molecule has 0 fully saturated rings. The van der Waals surface area contributed by atoms with Gasteiger partial charge in [-0.15, -0.1) is 0 Å². The second kappa shape index (κ2) is 7.87. The van der Waals surface area contributed by atoms with Crippen LogP contribution >= 0.6 is 0 Å². The average molecular weight is 350 g/mol. The van der Waals surface area contributed by atoms with E-state index in [-0.39, 0.29) is 17.9 Å². The van der Waals surface area contributed by atoms with Gasteiger partial charge in [-0.05, 0) is 42.5 Å². The molecule has 0 atom stereocenters. The van der Waals surface area contributed by atoms with Gasteiger partial charge < -0.3 is 15.0 Å². The van der Waals surface area contributed by atoms with Gasteiger partial charge in [0.2, 0.25) is 5.91 Å². The molecule has 0 radical (unpaired) electrons. The van der Waals surface area contributed by atoms with E-state index in [0.717, 1.165) is 16.5 Å². The summed E-state index contributed by atoms with van der Waals surface area (Å²) < 4.78 is 5.17. The van der Waals surface area contributed by atoms with Crippen LogP contribution in [0.5, 0.6) is 5.75 Å². The summed E-state index contributed by atoms with van der Waals surface area (Å²) in [5, 5.41) is 3.81. The maximum absolute atomic E-state index is 12.2. The Morgan fingerprint density at radius 2 is 1.88 bits per heavy atom. The molecule has 5 nitrogen and oxygen atoms in total. The minimum Gasteiger partial charge on any atom is -0.497 e. The maximum Gasteiger partial charge on any atom is 0.251 e. The summed E-state index contributed by atoms with van der Waals surface area (Å²) >= 11 is 0. The van der Waals surface area contributed by atoms with E-state index in [1.54, 1.807) is 13.2 Å². The van der Waals surface area contributed by atoms with Crippen LogP contribution in [0.4, 0.5) is 0 Å². The summed E-state index contributed by atoms with van der Waals surface area (Å²) in [6.07, 6.45) is 0.674. The molecule has 3 rings (SSSR count). The Bertz CT molecular complexity index is 975. The van der Waals surface area contributed by atoms with Crippen molar-refractivity contribution in [3.63, 3.8) is 0 Å². The third-order valence-electron chi connectivity index (χ3n) is 4.36.